The van der Waals surface area contributed by atoms with E-state index in [-0.39, 0.29) is 73.2 Å². The van der Waals surface area contributed by atoms with Crippen molar-refractivity contribution >= 4 is 88.7 Å². The van der Waals surface area contributed by atoms with Gasteiger partial charge in [-0.25, -0.2) is 0 Å². The van der Waals surface area contributed by atoms with Crippen LogP contribution in [0.25, 0.3) is 0 Å². The number of rotatable bonds is 32. The van der Waals surface area contributed by atoms with E-state index in [2.05, 4.69) is 97.1 Å². The zero-order valence-electron chi connectivity index (χ0n) is 51.6. The summed E-state index contributed by atoms with van der Waals surface area (Å²) in [6.45, 7) is 48.9. The Bertz CT molecular complexity index is 1900. The third kappa shape index (κ3) is 18.0. The molecule has 0 fully saturated rings. The summed E-state index contributed by atoms with van der Waals surface area (Å²) in [5, 5.41) is 3.59. The molecule has 0 aliphatic carbocycles. The van der Waals surface area contributed by atoms with Gasteiger partial charge in [-0.2, -0.15) is 0 Å². The van der Waals surface area contributed by atoms with Crippen molar-refractivity contribution in [2.45, 2.75) is 239 Å². The maximum atomic E-state index is 6.82. The summed E-state index contributed by atoms with van der Waals surface area (Å²) in [4.78, 5) is 0. The van der Waals surface area contributed by atoms with Crippen molar-refractivity contribution in [3.63, 3.8) is 0 Å². The monoisotopic (exact) mass is 1240 g/mol. The van der Waals surface area contributed by atoms with Gasteiger partial charge in [0.1, 0.15) is 0 Å². The molecule has 4 aromatic carbocycles. The van der Waals surface area contributed by atoms with Crippen LogP contribution in [0, 0.1) is 0 Å². The van der Waals surface area contributed by atoms with Crippen molar-refractivity contribution in [2.75, 3.05) is 0 Å². The molecule has 4 aromatic rings. The number of hydrogen-bond acceptors (Lipinski definition) is 12. The Morgan fingerprint density at radius 3 is 0.390 bits per heavy atom. The van der Waals surface area contributed by atoms with Crippen LogP contribution in [0.4, 0.5) is 0 Å². The van der Waals surface area contributed by atoms with Crippen molar-refractivity contribution in [2.24, 2.45) is 0 Å². The molecule has 0 aliphatic heterocycles. The van der Waals surface area contributed by atoms with E-state index in [0.717, 1.165) is 20.7 Å². The molecule has 0 bridgehead atoms. The second-order valence-corrected chi connectivity index (χ2v) is 43.7. The Morgan fingerprint density at radius 2 is 0.299 bits per heavy atom. The van der Waals surface area contributed by atoms with Gasteiger partial charge < -0.3 is 0 Å². The van der Waals surface area contributed by atoms with Crippen molar-refractivity contribution < 1.29 is 53.1 Å². The Kier molecular flexibility index (Phi) is 25.8. The predicted octanol–water partition coefficient (Wildman–Crippen LogP) is 8.75. The molecular weight excluding hydrogens is 1140 g/mol. The topological polar surface area (TPSA) is 111 Å². The van der Waals surface area contributed by atoms with E-state index in [0.29, 0.717) is 0 Å². The quantitative estimate of drug-likeness (QED) is 0.0437. The first-order valence-electron chi connectivity index (χ1n) is 28.4. The zero-order chi connectivity index (χ0) is 57.8. The SMILES string of the molecule is CC(C)O[Si](OC(C)C)(OC(C)C)c1cc[c]([Sn]([c]2ccc([Si](OC(C)C)(OC(C)C)OC(C)C)cc2)([c]2ccc([Si](OC(C)C)(OC(C)C)OC(C)C)cc2)[c]2ccc([Si](OC(C)C)(OC(C)C)OC(C)C)cc2)cc1. The van der Waals surface area contributed by atoms with Crippen molar-refractivity contribution in [3.05, 3.63) is 97.1 Å². The summed E-state index contributed by atoms with van der Waals surface area (Å²) >= 11 is -4.69. The van der Waals surface area contributed by atoms with E-state index < -0.39 is 53.6 Å². The summed E-state index contributed by atoms with van der Waals surface area (Å²) in [7, 11) is -13.9. The number of benzene rings is 4. The molecule has 0 aromatic heterocycles. The average Bonchev–Trinajstić information content (AvgIpc) is 3.27. The molecule has 0 saturated carbocycles. The van der Waals surface area contributed by atoms with Gasteiger partial charge in [0, 0.05) is 0 Å². The summed E-state index contributed by atoms with van der Waals surface area (Å²) in [6, 6.07) is 35.8. The van der Waals surface area contributed by atoms with Gasteiger partial charge in [-0.3, -0.25) is 0 Å². The zero-order valence-corrected chi connectivity index (χ0v) is 58.4. The molecule has 4 rings (SSSR count). The van der Waals surface area contributed by atoms with E-state index in [1.807, 2.05) is 166 Å². The minimum absolute atomic E-state index is 0.147. The van der Waals surface area contributed by atoms with Crippen molar-refractivity contribution in [1.82, 2.24) is 0 Å². The predicted molar refractivity (Wildman–Crippen MR) is 326 cm³/mol. The maximum absolute atomic E-state index is 6.82. The first-order valence-corrected chi connectivity index (χ1v) is 41.0. The van der Waals surface area contributed by atoms with Crippen molar-refractivity contribution in [1.29, 1.82) is 0 Å². The molecule has 77 heavy (non-hydrogen) atoms. The third-order valence-corrected chi connectivity index (χ3v) is 38.6. The first kappa shape index (κ1) is 67.6. The third-order valence-electron chi connectivity index (χ3n) is 11.4. The molecule has 0 aliphatic rings. The van der Waals surface area contributed by atoms with Gasteiger partial charge in [0.15, 0.2) is 0 Å². The van der Waals surface area contributed by atoms with Gasteiger partial charge in [-0.05, 0) is 0 Å². The molecule has 17 heteroatoms. The second kappa shape index (κ2) is 29.4. The fraction of sp³-hybridized carbons (Fsp3) is 0.600. The van der Waals surface area contributed by atoms with E-state index in [1.165, 1.54) is 14.3 Å². The van der Waals surface area contributed by atoms with E-state index >= 15 is 0 Å². The Labute approximate surface area is 475 Å². The molecular formula is C60H100O12Si4Sn. The van der Waals surface area contributed by atoms with Crippen molar-refractivity contribution in [3.8, 4) is 0 Å². The fourth-order valence-corrected chi connectivity index (χ4v) is 34.9. The van der Waals surface area contributed by atoms with Crippen LogP contribution in [-0.4, -0.2) is 127 Å². The second-order valence-electron chi connectivity index (χ2n) is 23.3. The number of hydrogen-bond donors (Lipinski definition) is 0. The van der Waals surface area contributed by atoms with E-state index in [4.69, 9.17) is 53.1 Å². The summed E-state index contributed by atoms with van der Waals surface area (Å²) < 4.78 is 86.6. The van der Waals surface area contributed by atoms with Crippen LogP contribution in [0.15, 0.2) is 97.1 Å². The van der Waals surface area contributed by atoms with E-state index in [1.54, 1.807) is 0 Å². The Hall–Kier alpha value is -1.93. The molecule has 0 unspecified atom stereocenters. The first-order chi connectivity index (χ1) is 35.8. The summed E-state index contributed by atoms with van der Waals surface area (Å²) in [5.41, 5.74) is 0. The molecule has 0 heterocycles. The van der Waals surface area contributed by atoms with Gasteiger partial charge in [0.25, 0.3) is 0 Å². The van der Waals surface area contributed by atoms with Gasteiger partial charge >= 0.3 is 478 Å². The molecule has 0 amide bonds. The molecule has 0 saturated heterocycles. The van der Waals surface area contributed by atoms with Crippen LogP contribution < -0.4 is 35.1 Å². The van der Waals surface area contributed by atoms with Crippen LogP contribution in [0.1, 0.15) is 166 Å². The van der Waals surface area contributed by atoms with Crippen LogP contribution in [0.5, 0.6) is 0 Å². The van der Waals surface area contributed by atoms with Crippen LogP contribution >= 0.6 is 0 Å². The standard InChI is InChI=1S/4C15H25O3Si.Sn/c4*1-12(2)16-19(17-13(3)4,18-14(5)6)15-10-8-7-9-11-15;/h4*8-14H,1-6H3;. The molecule has 0 N–H and O–H groups in total. The summed E-state index contributed by atoms with van der Waals surface area (Å²) in [6.07, 6.45) is -1.76. The van der Waals surface area contributed by atoms with Gasteiger partial charge in [-0.1, -0.05) is 0 Å². The Morgan fingerprint density at radius 1 is 0.195 bits per heavy atom. The Balaban J connectivity index is 2.31. The fourth-order valence-electron chi connectivity index (χ4n) is 9.57. The van der Waals surface area contributed by atoms with Crippen LogP contribution in [0.3, 0.4) is 0 Å². The molecule has 432 valence electrons. The molecule has 0 radical (unpaired) electrons. The van der Waals surface area contributed by atoms with Crippen LogP contribution in [0.2, 0.25) is 0 Å². The van der Waals surface area contributed by atoms with Gasteiger partial charge in [0.2, 0.25) is 0 Å². The normalized spacial score (nSPS) is 13.7. The average molecular weight is 1240 g/mol. The molecule has 12 nitrogen and oxygen atoms in total. The minimum atomic E-state index is -4.69. The van der Waals surface area contributed by atoms with E-state index in [9.17, 15) is 0 Å². The van der Waals surface area contributed by atoms with Crippen LogP contribution in [-0.2, 0) is 53.1 Å². The summed E-state index contributed by atoms with van der Waals surface area (Å²) in [5.74, 6) is 0. The van der Waals surface area contributed by atoms with Gasteiger partial charge in [0.05, 0.1) is 0 Å². The van der Waals surface area contributed by atoms with Gasteiger partial charge in [-0.15, -0.1) is 0 Å². The molecule has 0 spiro atoms. The molecule has 0 atom stereocenters.